The molecule has 4 nitrogen and oxygen atoms in total. The number of aliphatic hydroxyl groups is 1. The zero-order chi connectivity index (χ0) is 12.1. The van der Waals surface area contributed by atoms with Gasteiger partial charge >= 0.3 is 0 Å². The Morgan fingerprint density at radius 3 is 3.12 bits per heavy atom. The van der Waals surface area contributed by atoms with Gasteiger partial charge in [-0.25, -0.2) is 0 Å². The molecular formula is C11H12N2O2S2. The molecule has 0 aliphatic carbocycles. The molecule has 0 aromatic carbocycles. The van der Waals surface area contributed by atoms with Gasteiger partial charge in [0.25, 0.3) is 5.91 Å². The summed E-state index contributed by atoms with van der Waals surface area (Å²) in [5, 5.41) is 13.9. The van der Waals surface area contributed by atoms with Gasteiger partial charge < -0.3 is 10.4 Å². The maximum absolute atomic E-state index is 11.6. The summed E-state index contributed by atoms with van der Waals surface area (Å²) in [4.78, 5) is 17.5. The number of nitrogens with zero attached hydrogens (tertiary/aromatic N) is 1. The van der Waals surface area contributed by atoms with Crippen LogP contribution in [0.25, 0.3) is 6.08 Å². The van der Waals surface area contributed by atoms with E-state index in [9.17, 15) is 4.79 Å². The average Bonchev–Trinajstić information content (AvgIpc) is 2.91. The van der Waals surface area contributed by atoms with Gasteiger partial charge in [0, 0.05) is 18.0 Å². The summed E-state index contributed by atoms with van der Waals surface area (Å²) in [5.41, 5.74) is 0. The first-order valence-corrected chi connectivity index (χ1v) is 6.89. The van der Waals surface area contributed by atoms with Crippen LogP contribution in [-0.2, 0) is 4.79 Å². The molecule has 90 valence electrons. The quantitative estimate of drug-likeness (QED) is 0.645. The van der Waals surface area contributed by atoms with Crippen molar-refractivity contribution in [3.05, 3.63) is 27.3 Å². The van der Waals surface area contributed by atoms with E-state index in [1.54, 1.807) is 11.3 Å². The standard InChI is InChI=1S/C11H12N2O2S2/c14-5-2-4-12-11-13-10(15)9(17-11)7-8-3-1-6-16-8/h1,3,6-7,14H,2,4-5H2,(H,12,13,15)/b9-7-. The predicted octanol–water partition coefficient (Wildman–Crippen LogP) is 1.69. The molecule has 1 saturated heterocycles. The maximum Gasteiger partial charge on any atom is 0.264 e. The normalized spacial score (nSPS) is 20.2. The van der Waals surface area contributed by atoms with E-state index in [4.69, 9.17) is 5.11 Å². The van der Waals surface area contributed by atoms with Gasteiger partial charge in [-0.1, -0.05) is 6.07 Å². The van der Waals surface area contributed by atoms with E-state index in [0.29, 0.717) is 23.0 Å². The van der Waals surface area contributed by atoms with Gasteiger partial charge in [0.15, 0.2) is 5.17 Å². The van der Waals surface area contributed by atoms with Crippen molar-refractivity contribution in [1.82, 2.24) is 5.32 Å². The third-order valence-electron chi connectivity index (χ3n) is 2.04. The number of thioether (sulfide) groups is 1. The van der Waals surface area contributed by atoms with E-state index in [2.05, 4.69) is 10.3 Å². The van der Waals surface area contributed by atoms with Crippen LogP contribution in [0.5, 0.6) is 0 Å². The molecule has 0 bridgehead atoms. The number of thiophene rings is 1. The van der Waals surface area contributed by atoms with Gasteiger partial charge in [-0.2, -0.15) is 0 Å². The molecule has 0 saturated carbocycles. The Kier molecular flexibility index (Phi) is 4.36. The van der Waals surface area contributed by atoms with Crippen LogP contribution in [0, 0.1) is 0 Å². The Morgan fingerprint density at radius 2 is 2.41 bits per heavy atom. The minimum atomic E-state index is -0.105. The third kappa shape index (κ3) is 3.42. The molecule has 1 aromatic heterocycles. The molecule has 17 heavy (non-hydrogen) atoms. The number of carbonyl (C=O) groups is 1. The molecule has 1 amide bonds. The van der Waals surface area contributed by atoms with Crippen molar-refractivity contribution in [3.63, 3.8) is 0 Å². The molecule has 1 aliphatic rings. The number of hydrogen-bond acceptors (Lipinski definition) is 5. The zero-order valence-electron chi connectivity index (χ0n) is 9.05. The van der Waals surface area contributed by atoms with Crippen molar-refractivity contribution in [2.75, 3.05) is 13.2 Å². The Balaban J connectivity index is 2.03. The smallest absolute Gasteiger partial charge is 0.264 e. The molecule has 2 N–H and O–H groups in total. The SMILES string of the molecule is O=C1NC(=NCCCO)S/C1=C\c1cccs1. The molecular weight excluding hydrogens is 256 g/mol. The van der Waals surface area contributed by atoms with Crippen molar-refractivity contribution in [2.45, 2.75) is 6.42 Å². The van der Waals surface area contributed by atoms with Crippen molar-refractivity contribution >= 4 is 40.2 Å². The van der Waals surface area contributed by atoms with E-state index in [1.165, 1.54) is 11.8 Å². The Labute approximate surface area is 107 Å². The van der Waals surface area contributed by atoms with Gasteiger partial charge in [0.1, 0.15) is 0 Å². The fourth-order valence-corrected chi connectivity index (χ4v) is 2.82. The molecule has 1 aliphatic heterocycles. The van der Waals surface area contributed by atoms with Crippen LogP contribution in [-0.4, -0.2) is 29.3 Å². The highest BCUT2D eigenvalue weighted by Crippen LogP contribution is 2.27. The highest BCUT2D eigenvalue weighted by molar-refractivity contribution is 8.18. The fraction of sp³-hybridized carbons (Fsp3) is 0.273. The first kappa shape index (κ1) is 12.3. The topological polar surface area (TPSA) is 61.7 Å². The van der Waals surface area contributed by atoms with Gasteiger partial charge in [0.05, 0.1) is 4.91 Å². The highest BCUT2D eigenvalue weighted by atomic mass is 32.2. The monoisotopic (exact) mass is 268 g/mol. The lowest BCUT2D eigenvalue weighted by Crippen LogP contribution is -2.20. The van der Waals surface area contributed by atoms with Crippen LogP contribution in [0.1, 0.15) is 11.3 Å². The molecule has 1 fully saturated rings. The van der Waals surface area contributed by atoms with Gasteiger partial charge in [-0.05, 0) is 35.7 Å². The van der Waals surface area contributed by atoms with Crippen LogP contribution in [0.2, 0.25) is 0 Å². The van der Waals surface area contributed by atoms with E-state index >= 15 is 0 Å². The number of nitrogens with one attached hydrogen (secondary N) is 1. The second-order valence-corrected chi connectivity index (χ2v) is 5.35. The lowest BCUT2D eigenvalue weighted by atomic mass is 10.4. The van der Waals surface area contributed by atoms with Crippen molar-refractivity contribution in [3.8, 4) is 0 Å². The largest absolute Gasteiger partial charge is 0.396 e. The summed E-state index contributed by atoms with van der Waals surface area (Å²) in [6.07, 6.45) is 2.48. The van der Waals surface area contributed by atoms with E-state index in [-0.39, 0.29) is 12.5 Å². The van der Waals surface area contributed by atoms with Crippen molar-refractivity contribution in [1.29, 1.82) is 0 Å². The number of aliphatic hydroxyl groups excluding tert-OH is 1. The molecule has 1 aromatic rings. The molecule has 2 rings (SSSR count). The fourth-order valence-electron chi connectivity index (χ4n) is 1.26. The summed E-state index contributed by atoms with van der Waals surface area (Å²) in [6.45, 7) is 0.651. The highest BCUT2D eigenvalue weighted by Gasteiger charge is 2.23. The number of hydrogen-bond donors (Lipinski definition) is 2. The predicted molar refractivity (Wildman–Crippen MR) is 72.0 cm³/mol. The zero-order valence-corrected chi connectivity index (χ0v) is 10.7. The molecule has 2 heterocycles. The molecule has 0 atom stereocenters. The first-order chi connectivity index (χ1) is 8.29. The van der Waals surface area contributed by atoms with Gasteiger partial charge in [0.2, 0.25) is 0 Å². The van der Waals surface area contributed by atoms with Crippen molar-refractivity contribution < 1.29 is 9.90 Å². The van der Waals surface area contributed by atoms with Crippen LogP contribution in [0.15, 0.2) is 27.4 Å². The number of rotatable bonds is 4. The first-order valence-electron chi connectivity index (χ1n) is 5.19. The minimum Gasteiger partial charge on any atom is -0.396 e. The Hall–Kier alpha value is -1.11. The number of aliphatic imine (C=N–C) groups is 1. The number of amides is 1. The third-order valence-corrected chi connectivity index (χ3v) is 3.81. The van der Waals surface area contributed by atoms with Crippen LogP contribution >= 0.6 is 23.1 Å². The lowest BCUT2D eigenvalue weighted by molar-refractivity contribution is -0.115. The molecule has 6 heteroatoms. The minimum absolute atomic E-state index is 0.105. The molecule has 0 unspecified atom stereocenters. The average molecular weight is 268 g/mol. The summed E-state index contributed by atoms with van der Waals surface area (Å²) in [5.74, 6) is -0.105. The van der Waals surface area contributed by atoms with Gasteiger partial charge in [-0.3, -0.25) is 9.79 Å². The Bertz CT molecular complexity index is 452. The second-order valence-electron chi connectivity index (χ2n) is 3.34. The summed E-state index contributed by atoms with van der Waals surface area (Å²) >= 11 is 2.93. The van der Waals surface area contributed by atoms with E-state index < -0.39 is 0 Å². The van der Waals surface area contributed by atoms with Crippen LogP contribution in [0.4, 0.5) is 0 Å². The summed E-state index contributed by atoms with van der Waals surface area (Å²) in [7, 11) is 0. The molecule has 0 spiro atoms. The second kappa shape index (κ2) is 6.00. The number of carbonyl (C=O) groups excluding carboxylic acids is 1. The van der Waals surface area contributed by atoms with Crippen LogP contribution in [0.3, 0.4) is 0 Å². The van der Waals surface area contributed by atoms with E-state index in [0.717, 1.165) is 4.88 Å². The van der Waals surface area contributed by atoms with Gasteiger partial charge in [-0.15, -0.1) is 11.3 Å². The maximum atomic E-state index is 11.6. The molecule has 0 radical (unpaired) electrons. The lowest BCUT2D eigenvalue weighted by Gasteiger charge is -1.93. The van der Waals surface area contributed by atoms with E-state index in [1.807, 2.05) is 23.6 Å². The summed E-state index contributed by atoms with van der Waals surface area (Å²) < 4.78 is 0. The Morgan fingerprint density at radius 1 is 1.53 bits per heavy atom. The number of amidine groups is 1. The van der Waals surface area contributed by atoms with Crippen molar-refractivity contribution in [2.24, 2.45) is 4.99 Å². The summed E-state index contributed by atoms with van der Waals surface area (Å²) in [6, 6.07) is 3.91. The van der Waals surface area contributed by atoms with Crippen LogP contribution < -0.4 is 5.32 Å².